The van der Waals surface area contributed by atoms with Crippen LogP contribution in [-0.4, -0.2) is 21.9 Å². The first-order valence-corrected chi connectivity index (χ1v) is 7.49. The maximum atomic E-state index is 5.29. The minimum atomic E-state index is -0.0914. The zero-order valence-corrected chi connectivity index (χ0v) is 13.3. The lowest BCUT2D eigenvalue weighted by molar-refractivity contribution is 0.165. The van der Waals surface area contributed by atoms with E-state index in [0.29, 0.717) is 6.61 Å². The van der Waals surface area contributed by atoms with Crippen molar-refractivity contribution in [1.29, 1.82) is 0 Å². The van der Waals surface area contributed by atoms with Crippen molar-refractivity contribution in [2.24, 2.45) is 0 Å². The molecule has 2 aromatic rings. The topological polar surface area (TPSA) is 39.9 Å². The quantitative estimate of drug-likeness (QED) is 0.865. The van der Waals surface area contributed by atoms with Crippen LogP contribution in [0.15, 0.2) is 30.3 Å². The number of benzene rings is 1. The second-order valence-corrected chi connectivity index (χ2v) is 6.82. The molecule has 1 saturated carbocycles. The predicted octanol–water partition coefficient (Wildman–Crippen LogP) is 3.26. The number of hydrogen-bond acceptors (Lipinski definition) is 3. The van der Waals surface area contributed by atoms with E-state index < -0.39 is 0 Å². The maximum absolute atomic E-state index is 5.29. The van der Waals surface area contributed by atoms with Crippen LogP contribution in [0.25, 0.3) is 0 Å². The SMILES string of the molecule is COCc1nc(C2(c3ccccc3)CC2)nn1C(C)(C)C. The number of nitrogens with zero attached hydrogens (tertiary/aromatic N) is 3. The molecule has 0 saturated heterocycles. The Morgan fingerprint density at radius 3 is 2.38 bits per heavy atom. The Hall–Kier alpha value is -1.68. The average Bonchev–Trinajstić information content (AvgIpc) is 3.14. The van der Waals surface area contributed by atoms with Gasteiger partial charge in [-0.1, -0.05) is 30.3 Å². The van der Waals surface area contributed by atoms with Crippen molar-refractivity contribution in [3.63, 3.8) is 0 Å². The van der Waals surface area contributed by atoms with Crippen molar-refractivity contribution >= 4 is 0 Å². The van der Waals surface area contributed by atoms with E-state index in [1.807, 2.05) is 4.68 Å². The van der Waals surface area contributed by atoms with E-state index in [1.54, 1.807) is 7.11 Å². The van der Waals surface area contributed by atoms with Gasteiger partial charge in [0.25, 0.3) is 0 Å². The summed E-state index contributed by atoms with van der Waals surface area (Å²) in [6.45, 7) is 6.93. The van der Waals surface area contributed by atoms with Crippen LogP contribution in [0, 0.1) is 0 Å². The van der Waals surface area contributed by atoms with Gasteiger partial charge in [0, 0.05) is 7.11 Å². The molecule has 1 aliphatic rings. The van der Waals surface area contributed by atoms with E-state index in [4.69, 9.17) is 14.8 Å². The Labute approximate surface area is 126 Å². The van der Waals surface area contributed by atoms with Gasteiger partial charge in [-0.3, -0.25) is 0 Å². The third-order valence-corrected chi connectivity index (χ3v) is 4.09. The van der Waals surface area contributed by atoms with Crippen LogP contribution in [0.4, 0.5) is 0 Å². The Morgan fingerprint density at radius 2 is 1.86 bits per heavy atom. The van der Waals surface area contributed by atoms with Crippen LogP contribution in [0.1, 0.15) is 50.8 Å². The molecule has 3 rings (SSSR count). The van der Waals surface area contributed by atoms with Gasteiger partial charge in [-0.15, -0.1) is 0 Å². The lowest BCUT2D eigenvalue weighted by Crippen LogP contribution is -2.26. The van der Waals surface area contributed by atoms with Crippen molar-refractivity contribution in [3.05, 3.63) is 47.5 Å². The molecule has 0 atom stereocenters. The Morgan fingerprint density at radius 1 is 1.19 bits per heavy atom. The van der Waals surface area contributed by atoms with Crippen LogP contribution in [0.3, 0.4) is 0 Å². The Kier molecular flexibility index (Phi) is 3.36. The summed E-state index contributed by atoms with van der Waals surface area (Å²) in [5, 5.41) is 4.84. The summed E-state index contributed by atoms with van der Waals surface area (Å²) in [7, 11) is 1.70. The van der Waals surface area contributed by atoms with E-state index in [1.165, 1.54) is 5.56 Å². The second-order valence-electron chi connectivity index (χ2n) is 6.82. The van der Waals surface area contributed by atoms with Crippen molar-refractivity contribution < 1.29 is 4.74 Å². The third-order valence-electron chi connectivity index (χ3n) is 4.09. The summed E-state index contributed by atoms with van der Waals surface area (Å²) in [5.74, 6) is 1.85. The van der Waals surface area contributed by atoms with Crippen LogP contribution in [-0.2, 0) is 22.3 Å². The molecule has 0 aliphatic heterocycles. The molecule has 4 nitrogen and oxygen atoms in total. The zero-order valence-electron chi connectivity index (χ0n) is 13.3. The molecule has 1 aromatic heterocycles. The third kappa shape index (κ3) is 2.48. The van der Waals surface area contributed by atoms with Gasteiger partial charge in [0.15, 0.2) is 11.6 Å². The number of methoxy groups -OCH3 is 1. The van der Waals surface area contributed by atoms with Crippen molar-refractivity contribution in [2.75, 3.05) is 7.11 Å². The molecule has 4 heteroatoms. The van der Waals surface area contributed by atoms with Crippen molar-refractivity contribution in [2.45, 2.75) is 51.2 Å². The van der Waals surface area contributed by atoms with E-state index >= 15 is 0 Å². The number of hydrogen-bond donors (Lipinski definition) is 0. The van der Waals surface area contributed by atoms with Crippen molar-refractivity contribution in [1.82, 2.24) is 14.8 Å². The highest BCUT2D eigenvalue weighted by atomic mass is 16.5. The smallest absolute Gasteiger partial charge is 0.161 e. The van der Waals surface area contributed by atoms with Gasteiger partial charge in [0.05, 0.1) is 11.0 Å². The molecule has 0 N–H and O–H groups in total. The number of ether oxygens (including phenoxy) is 1. The molecular formula is C17H23N3O. The normalized spacial score (nSPS) is 17.0. The zero-order chi connectivity index (χ0) is 15.1. The van der Waals surface area contributed by atoms with Crippen LogP contribution in [0.2, 0.25) is 0 Å². The average molecular weight is 285 g/mol. The number of rotatable bonds is 4. The lowest BCUT2D eigenvalue weighted by atomic mass is 9.95. The van der Waals surface area contributed by atoms with Gasteiger partial charge in [-0.05, 0) is 39.2 Å². The molecular weight excluding hydrogens is 262 g/mol. The van der Waals surface area contributed by atoms with E-state index in [9.17, 15) is 0 Å². The summed E-state index contributed by atoms with van der Waals surface area (Å²) in [5.41, 5.74) is 1.24. The summed E-state index contributed by atoms with van der Waals surface area (Å²) in [6, 6.07) is 10.6. The summed E-state index contributed by atoms with van der Waals surface area (Å²) in [4.78, 5) is 4.80. The lowest BCUT2D eigenvalue weighted by Gasteiger charge is -2.21. The highest BCUT2D eigenvalue weighted by Gasteiger charge is 2.49. The largest absolute Gasteiger partial charge is 0.377 e. The van der Waals surface area contributed by atoms with Gasteiger partial charge in [-0.2, -0.15) is 5.10 Å². The molecule has 21 heavy (non-hydrogen) atoms. The predicted molar refractivity (Wildman–Crippen MR) is 82.2 cm³/mol. The molecule has 0 spiro atoms. The summed E-state index contributed by atoms with van der Waals surface area (Å²) < 4.78 is 7.30. The van der Waals surface area contributed by atoms with Gasteiger partial charge >= 0.3 is 0 Å². The van der Waals surface area contributed by atoms with E-state index in [0.717, 1.165) is 24.5 Å². The van der Waals surface area contributed by atoms with Crippen molar-refractivity contribution in [3.8, 4) is 0 Å². The molecule has 1 heterocycles. The van der Waals surface area contributed by atoms with Gasteiger partial charge in [0.2, 0.25) is 0 Å². The van der Waals surface area contributed by atoms with Gasteiger partial charge in [-0.25, -0.2) is 9.67 Å². The molecule has 1 aliphatic carbocycles. The highest BCUT2D eigenvalue weighted by molar-refractivity contribution is 5.39. The first-order valence-electron chi connectivity index (χ1n) is 7.49. The van der Waals surface area contributed by atoms with Crippen LogP contribution >= 0.6 is 0 Å². The van der Waals surface area contributed by atoms with Gasteiger partial charge < -0.3 is 4.74 Å². The van der Waals surface area contributed by atoms with E-state index in [-0.39, 0.29) is 11.0 Å². The fourth-order valence-corrected chi connectivity index (χ4v) is 2.83. The molecule has 0 amide bonds. The standard InChI is InChI=1S/C17H23N3O/c1-16(2,3)20-14(12-21-4)18-15(19-20)17(10-11-17)13-8-6-5-7-9-13/h5-9H,10-12H2,1-4H3. The van der Waals surface area contributed by atoms with E-state index in [2.05, 4.69) is 51.1 Å². The first kappa shape index (κ1) is 14.3. The van der Waals surface area contributed by atoms with Gasteiger partial charge in [0.1, 0.15) is 6.61 Å². The molecule has 1 fully saturated rings. The maximum Gasteiger partial charge on any atom is 0.161 e. The first-order chi connectivity index (χ1) is 9.97. The highest BCUT2D eigenvalue weighted by Crippen LogP contribution is 2.52. The fourth-order valence-electron chi connectivity index (χ4n) is 2.83. The number of aromatic nitrogens is 3. The molecule has 1 aromatic carbocycles. The molecule has 0 unspecified atom stereocenters. The fraction of sp³-hybridized carbons (Fsp3) is 0.529. The molecule has 0 radical (unpaired) electrons. The molecule has 0 bridgehead atoms. The second kappa shape index (κ2) is 4.95. The summed E-state index contributed by atoms with van der Waals surface area (Å²) >= 11 is 0. The summed E-state index contributed by atoms with van der Waals surface area (Å²) in [6.07, 6.45) is 2.25. The monoisotopic (exact) mass is 285 g/mol. The van der Waals surface area contributed by atoms with Crippen LogP contribution < -0.4 is 0 Å². The molecule has 112 valence electrons. The van der Waals surface area contributed by atoms with Crippen LogP contribution in [0.5, 0.6) is 0 Å². The Balaban J connectivity index is 2.04. The minimum Gasteiger partial charge on any atom is -0.377 e. The minimum absolute atomic E-state index is 0.0141. The Bertz CT molecular complexity index is 621.